The summed E-state index contributed by atoms with van der Waals surface area (Å²) in [6, 6.07) is 25.0. The summed E-state index contributed by atoms with van der Waals surface area (Å²) in [6.07, 6.45) is 0.297. The molecule has 6 heteroatoms. The lowest BCUT2D eigenvalue weighted by molar-refractivity contribution is -0.121. The number of aromatic nitrogens is 2. The number of fused-ring (bicyclic) bond motifs is 1. The van der Waals surface area contributed by atoms with Crippen LogP contribution in [-0.2, 0) is 22.6 Å². The van der Waals surface area contributed by atoms with Crippen molar-refractivity contribution in [1.29, 1.82) is 0 Å². The Labute approximate surface area is 206 Å². The molecule has 1 aromatic heterocycles. The zero-order chi connectivity index (χ0) is 24.9. The number of nitrogens with one attached hydrogen (secondary N) is 1. The van der Waals surface area contributed by atoms with E-state index in [9.17, 15) is 9.59 Å². The van der Waals surface area contributed by atoms with Gasteiger partial charge in [-0.2, -0.15) is 0 Å². The average Bonchev–Trinajstić information content (AvgIpc) is 3.19. The van der Waals surface area contributed by atoms with Gasteiger partial charge in [0.15, 0.2) is 0 Å². The van der Waals surface area contributed by atoms with Gasteiger partial charge in [-0.15, -0.1) is 0 Å². The molecule has 1 N–H and O–H groups in total. The highest BCUT2D eigenvalue weighted by Crippen LogP contribution is 2.23. The van der Waals surface area contributed by atoms with Crippen molar-refractivity contribution >= 4 is 28.5 Å². The van der Waals surface area contributed by atoms with Crippen LogP contribution in [0.5, 0.6) is 0 Å². The van der Waals surface area contributed by atoms with E-state index in [2.05, 4.69) is 5.32 Å². The summed E-state index contributed by atoms with van der Waals surface area (Å²) in [7, 11) is 0. The Kier molecular flexibility index (Phi) is 7.30. The van der Waals surface area contributed by atoms with Crippen molar-refractivity contribution in [2.24, 2.45) is 0 Å². The molecule has 0 aliphatic rings. The third kappa shape index (κ3) is 5.43. The average molecular weight is 469 g/mol. The second-order valence-electron chi connectivity index (χ2n) is 9.13. The normalized spacial score (nSPS) is 12.0. The molecule has 1 atom stereocenters. The van der Waals surface area contributed by atoms with E-state index >= 15 is 0 Å². The topological polar surface area (TPSA) is 67.2 Å². The van der Waals surface area contributed by atoms with Crippen molar-refractivity contribution in [2.45, 2.75) is 52.7 Å². The fraction of sp³-hybridized carbons (Fsp3) is 0.276. The van der Waals surface area contributed by atoms with Crippen LogP contribution >= 0.6 is 0 Å². The zero-order valence-corrected chi connectivity index (χ0v) is 20.7. The van der Waals surface area contributed by atoms with Gasteiger partial charge in [0.1, 0.15) is 12.4 Å². The monoisotopic (exact) mass is 468 g/mol. The van der Waals surface area contributed by atoms with Gasteiger partial charge in [0.2, 0.25) is 11.8 Å². The van der Waals surface area contributed by atoms with Crippen molar-refractivity contribution in [3.63, 3.8) is 0 Å². The molecule has 0 bridgehead atoms. The van der Waals surface area contributed by atoms with Crippen molar-refractivity contribution < 1.29 is 9.59 Å². The lowest BCUT2D eigenvalue weighted by Crippen LogP contribution is -2.40. The molecule has 4 rings (SSSR count). The third-order valence-electron chi connectivity index (χ3n) is 6.17. The van der Waals surface area contributed by atoms with Gasteiger partial charge in [-0.3, -0.25) is 9.59 Å². The van der Waals surface area contributed by atoms with Gasteiger partial charge in [-0.1, -0.05) is 54.6 Å². The first-order valence-corrected chi connectivity index (χ1v) is 12.0. The van der Waals surface area contributed by atoms with Gasteiger partial charge in [-0.05, 0) is 63.1 Å². The highest BCUT2D eigenvalue weighted by molar-refractivity contribution is 5.94. The summed E-state index contributed by atoms with van der Waals surface area (Å²) in [5.41, 5.74) is 4.61. The molecule has 2 amide bonds. The standard InChI is InChI=1S/C29H32N4O2/c1-20(2)33(24-14-6-5-7-15-24)28(35)19-32-26-17-11-10-16-25(26)31-29(32)22(4)30-27(34)18-23-13-9-8-12-21(23)3/h5-17,20,22H,18-19H2,1-4H3,(H,30,34). The molecular weight excluding hydrogens is 436 g/mol. The second kappa shape index (κ2) is 10.6. The first-order chi connectivity index (χ1) is 16.8. The Morgan fingerprint density at radius 3 is 2.29 bits per heavy atom. The molecule has 0 aliphatic carbocycles. The van der Waals surface area contributed by atoms with Gasteiger partial charge >= 0.3 is 0 Å². The molecule has 35 heavy (non-hydrogen) atoms. The largest absolute Gasteiger partial charge is 0.346 e. The molecule has 0 saturated carbocycles. The molecule has 1 heterocycles. The maximum Gasteiger partial charge on any atom is 0.247 e. The van der Waals surface area contributed by atoms with Gasteiger partial charge < -0.3 is 14.8 Å². The van der Waals surface area contributed by atoms with Gasteiger partial charge in [0.25, 0.3) is 0 Å². The molecule has 1 unspecified atom stereocenters. The minimum absolute atomic E-state index is 0.00521. The zero-order valence-electron chi connectivity index (χ0n) is 20.7. The van der Waals surface area contributed by atoms with Crippen LogP contribution in [0.2, 0.25) is 0 Å². The van der Waals surface area contributed by atoms with Crippen LogP contribution in [0, 0.1) is 6.92 Å². The van der Waals surface area contributed by atoms with Crippen LogP contribution in [0.3, 0.4) is 0 Å². The summed E-state index contributed by atoms with van der Waals surface area (Å²) < 4.78 is 1.93. The van der Waals surface area contributed by atoms with Crippen molar-refractivity contribution in [3.05, 3.63) is 95.8 Å². The molecule has 0 radical (unpaired) electrons. The number of para-hydroxylation sites is 3. The lowest BCUT2D eigenvalue weighted by Gasteiger charge is -2.28. The summed E-state index contributed by atoms with van der Waals surface area (Å²) in [6.45, 7) is 8.05. The first kappa shape index (κ1) is 24.2. The smallest absolute Gasteiger partial charge is 0.247 e. The Morgan fingerprint density at radius 1 is 0.914 bits per heavy atom. The van der Waals surface area contributed by atoms with Gasteiger partial charge in [0.05, 0.1) is 23.5 Å². The predicted molar refractivity (Wildman–Crippen MR) is 140 cm³/mol. The van der Waals surface area contributed by atoms with E-state index in [0.717, 1.165) is 27.8 Å². The molecular formula is C29H32N4O2. The van der Waals surface area contributed by atoms with Gasteiger partial charge in [-0.25, -0.2) is 4.98 Å². The number of hydrogen-bond donors (Lipinski definition) is 1. The number of amides is 2. The first-order valence-electron chi connectivity index (χ1n) is 12.0. The van der Waals surface area contributed by atoms with E-state index in [-0.39, 0.29) is 30.4 Å². The Morgan fingerprint density at radius 2 is 1.57 bits per heavy atom. The van der Waals surface area contributed by atoms with E-state index in [1.54, 1.807) is 4.90 Å². The number of hydrogen-bond acceptors (Lipinski definition) is 3. The number of carbonyl (C=O) groups is 2. The quantitative estimate of drug-likeness (QED) is 0.386. The van der Waals surface area contributed by atoms with E-state index in [1.165, 1.54) is 0 Å². The van der Waals surface area contributed by atoms with Crippen LogP contribution in [0.15, 0.2) is 78.9 Å². The lowest BCUT2D eigenvalue weighted by atomic mass is 10.1. The molecule has 4 aromatic rings. The number of benzene rings is 3. The maximum atomic E-state index is 13.6. The van der Waals surface area contributed by atoms with Crippen LogP contribution < -0.4 is 10.2 Å². The minimum atomic E-state index is -0.365. The van der Waals surface area contributed by atoms with Gasteiger partial charge in [0, 0.05) is 11.7 Å². The van der Waals surface area contributed by atoms with E-state index in [0.29, 0.717) is 12.2 Å². The number of aryl methyl sites for hydroxylation is 1. The Balaban J connectivity index is 1.61. The van der Waals surface area contributed by atoms with E-state index < -0.39 is 0 Å². The number of anilines is 1. The van der Waals surface area contributed by atoms with Crippen LogP contribution in [-0.4, -0.2) is 27.4 Å². The Hall–Kier alpha value is -3.93. The van der Waals surface area contributed by atoms with Crippen LogP contribution in [0.4, 0.5) is 5.69 Å². The molecule has 0 saturated heterocycles. The SMILES string of the molecule is Cc1ccccc1CC(=O)NC(C)c1nc2ccccc2n1CC(=O)N(c1ccccc1)C(C)C. The number of carbonyl (C=O) groups excluding carboxylic acids is 2. The second-order valence-corrected chi connectivity index (χ2v) is 9.13. The number of nitrogens with zero attached hydrogens (tertiary/aromatic N) is 3. The van der Waals surface area contributed by atoms with Crippen LogP contribution in [0.25, 0.3) is 11.0 Å². The van der Waals surface area contributed by atoms with Crippen molar-refractivity contribution in [2.75, 3.05) is 4.90 Å². The summed E-state index contributed by atoms with van der Waals surface area (Å²) in [5, 5.41) is 3.08. The third-order valence-corrected chi connectivity index (χ3v) is 6.17. The summed E-state index contributed by atoms with van der Waals surface area (Å²) in [4.78, 5) is 33.0. The summed E-state index contributed by atoms with van der Waals surface area (Å²) >= 11 is 0. The number of imidazole rings is 1. The Bertz CT molecular complexity index is 1330. The molecule has 0 aliphatic heterocycles. The molecule has 0 fully saturated rings. The van der Waals surface area contributed by atoms with E-state index in [1.807, 2.05) is 111 Å². The fourth-order valence-corrected chi connectivity index (χ4v) is 4.46. The number of rotatable bonds is 8. The fourth-order valence-electron chi connectivity index (χ4n) is 4.46. The minimum Gasteiger partial charge on any atom is -0.346 e. The highest BCUT2D eigenvalue weighted by Gasteiger charge is 2.24. The predicted octanol–water partition coefficient (Wildman–Crippen LogP) is 5.21. The maximum absolute atomic E-state index is 13.6. The van der Waals surface area contributed by atoms with Crippen molar-refractivity contribution in [1.82, 2.24) is 14.9 Å². The van der Waals surface area contributed by atoms with Crippen LogP contribution in [0.1, 0.15) is 43.8 Å². The molecule has 0 spiro atoms. The molecule has 3 aromatic carbocycles. The van der Waals surface area contributed by atoms with Crippen molar-refractivity contribution in [3.8, 4) is 0 Å². The molecule has 180 valence electrons. The molecule has 6 nitrogen and oxygen atoms in total. The summed E-state index contributed by atoms with van der Waals surface area (Å²) in [5.74, 6) is 0.549. The van der Waals surface area contributed by atoms with E-state index in [4.69, 9.17) is 4.98 Å². The highest BCUT2D eigenvalue weighted by atomic mass is 16.2.